The normalized spacial score (nSPS) is 10.7. The summed E-state index contributed by atoms with van der Waals surface area (Å²) in [5.74, 6) is -1.29. The summed E-state index contributed by atoms with van der Waals surface area (Å²) >= 11 is 0. The van der Waals surface area contributed by atoms with Crippen LogP contribution in [-0.4, -0.2) is 18.3 Å². The standard InChI is InChI=1S/C14H19NO3.Na/c1-12(14(16)17)15-18-11-7-3-6-10-13-8-4-2-5-9-13;/h2,4-5,8-9H,3,6-7,10-11H2,1H3,(H,16,17);/q;+1/p-1. The van der Waals surface area contributed by atoms with E-state index < -0.39 is 5.97 Å². The number of benzene rings is 1. The molecule has 0 aromatic heterocycles. The number of hydrogen-bond donors (Lipinski definition) is 0. The predicted octanol–water partition coefficient (Wildman–Crippen LogP) is -1.45. The molecule has 0 saturated carbocycles. The van der Waals surface area contributed by atoms with Crippen LogP contribution in [0.25, 0.3) is 0 Å². The molecule has 98 valence electrons. The Hall–Kier alpha value is -0.840. The average Bonchev–Trinajstić information content (AvgIpc) is 2.38. The van der Waals surface area contributed by atoms with Gasteiger partial charge in [0.2, 0.25) is 0 Å². The molecule has 1 aromatic carbocycles. The van der Waals surface area contributed by atoms with Crippen molar-refractivity contribution in [2.75, 3.05) is 6.61 Å². The molecule has 0 atom stereocenters. The van der Waals surface area contributed by atoms with Gasteiger partial charge < -0.3 is 14.7 Å². The van der Waals surface area contributed by atoms with E-state index in [0.29, 0.717) is 6.61 Å². The van der Waals surface area contributed by atoms with Crippen molar-refractivity contribution in [1.29, 1.82) is 0 Å². The maximum Gasteiger partial charge on any atom is 1.00 e. The van der Waals surface area contributed by atoms with Crippen molar-refractivity contribution < 1.29 is 44.3 Å². The van der Waals surface area contributed by atoms with Crippen LogP contribution in [0.1, 0.15) is 31.7 Å². The minimum atomic E-state index is -1.29. The number of oxime groups is 1. The van der Waals surface area contributed by atoms with Crippen LogP contribution in [0.3, 0.4) is 0 Å². The van der Waals surface area contributed by atoms with Gasteiger partial charge in [0.15, 0.2) is 0 Å². The van der Waals surface area contributed by atoms with Crippen molar-refractivity contribution in [3.05, 3.63) is 35.9 Å². The van der Waals surface area contributed by atoms with Gasteiger partial charge in [-0.1, -0.05) is 35.5 Å². The first-order valence-electron chi connectivity index (χ1n) is 6.12. The van der Waals surface area contributed by atoms with Gasteiger partial charge in [-0.15, -0.1) is 0 Å². The van der Waals surface area contributed by atoms with Crippen LogP contribution in [-0.2, 0) is 16.1 Å². The molecule has 4 nitrogen and oxygen atoms in total. The number of carbonyl (C=O) groups excluding carboxylic acids is 1. The third-order valence-electron chi connectivity index (χ3n) is 2.54. The number of carboxylic acid groups (broad SMARTS) is 1. The molecule has 0 amide bonds. The summed E-state index contributed by atoms with van der Waals surface area (Å²) in [7, 11) is 0. The van der Waals surface area contributed by atoms with E-state index in [1.807, 2.05) is 18.2 Å². The minimum absolute atomic E-state index is 0. The zero-order chi connectivity index (χ0) is 13.2. The molecule has 0 aliphatic rings. The van der Waals surface area contributed by atoms with E-state index in [-0.39, 0.29) is 35.3 Å². The van der Waals surface area contributed by atoms with E-state index in [9.17, 15) is 9.90 Å². The SMILES string of the molecule is CC(=NOCCCCCc1ccccc1)C(=O)[O-].[Na+]. The quantitative estimate of drug-likeness (QED) is 0.251. The number of carbonyl (C=O) groups is 1. The summed E-state index contributed by atoms with van der Waals surface area (Å²) in [6.07, 6.45) is 4.06. The molecule has 1 rings (SSSR count). The van der Waals surface area contributed by atoms with E-state index in [1.165, 1.54) is 12.5 Å². The van der Waals surface area contributed by atoms with Crippen LogP contribution in [0.5, 0.6) is 0 Å². The molecule has 19 heavy (non-hydrogen) atoms. The Morgan fingerprint density at radius 3 is 2.53 bits per heavy atom. The van der Waals surface area contributed by atoms with Crippen molar-refractivity contribution in [1.82, 2.24) is 0 Å². The summed E-state index contributed by atoms with van der Waals surface area (Å²) in [4.78, 5) is 15.2. The van der Waals surface area contributed by atoms with Gasteiger partial charge in [0.05, 0.1) is 11.7 Å². The molecular formula is C14H18NNaO3. The van der Waals surface area contributed by atoms with Crippen LogP contribution in [0, 0.1) is 0 Å². The minimum Gasteiger partial charge on any atom is -0.543 e. The van der Waals surface area contributed by atoms with Crippen LogP contribution in [0.15, 0.2) is 35.5 Å². The fourth-order valence-corrected chi connectivity index (χ4v) is 1.50. The Bertz CT molecular complexity index is 393. The number of nitrogens with zero attached hydrogens (tertiary/aromatic N) is 1. The molecule has 0 fully saturated rings. The van der Waals surface area contributed by atoms with E-state index in [2.05, 4.69) is 17.3 Å². The fraction of sp³-hybridized carbons (Fsp3) is 0.429. The van der Waals surface area contributed by atoms with Gasteiger partial charge in [-0.05, 0) is 38.2 Å². The van der Waals surface area contributed by atoms with E-state index in [1.54, 1.807) is 0 Å². The molecule has 0 radical (unpaired) electrons. The van der Waals surface area contributed by atoms with Crippen LogP contribution in [0.2, 0.25) is 0 Å². The molecule has 0 unspecified atom stereocenters. The molecule has 0 aliphatic carbocycles. The monoisotopic (exact) mass is 271 g/mol. The summed E-state index contributed by atoms with van der Waals surface area (Å²) in [5.41, 5.74) is 1.21. The summed E-state index contributed by atoms with van der Waals surface area (Å²) in [6.45, 7) is 1.80. The number of unbranched alkanes of at least 4 members (excludes halogenated alkanes) is 2. The molecular weight excluding hydrogens is 253 g/mol. The second-order valence-electron chi connectivity index (χ2n) is 4.09. The van der Waals surface area contributed by atoms with Crippen molar-refractivity contribution in [3.8, 4) is 0 Å². The second kappa shape index (κ2) is 11.0. The summed E-state index contributed by atoms with van der Waals surface area (Å²) in [6, 6.07) is 10.3. The first kappa shape index (κ1) is 18.2. The fourth-order valence-electron chi connectivity index (χ4n) is 1.50. The maximum absolute atomic E-state index is 10.3. The smallest absolute Gasteiger partial charge is 0.543 e. The Labute approximate surface area is 136 Å². The van der Waals surface area contributed by atoms with E-state index in [4.69, 9.17) is 4.84 Å². The Balaban J connectivity index is 0.00000324. The van der Waals surface area contributed by atoms with Crippen molar-refractivity contribution >= 4 is 11.7 Å². The zero-order valence-corrected chi connectivity index (χ0v) is 13.6. The molecule has 0 N–H and O–H groups in total. The van der Waals surface area contributed by atoms with Crippen LogP contribution >= 0.6 is 0 Å². The van der Waals surface area contributed by atoms with Gasteiger partial charge in [-0.2, -0.15) is 0 Å². The Morgan fingerprint density at radius 1 is 1.21 bits per heavy atom. The summed E-state index contributed by atoms with van der Waals surface area (Å²) in [5, 5.41) is 13.7. The van der Waals surface area contributed by atoms with Gasteiger partial charge in [-0.3, -0.25) is 0 Å². The van der Waals surface area contributed by atoms with E-state index in [0.717, 1.165) is 25.7 Å². The average molecular weight is 271 g/mol. The number of aliphatic carboxylic acids is 1. The maximum atomic E-state index is 10.3. The second-order valence-corrected chi connectivity index (χ2v) is 4.09. The van der Waals surface area contributed by atoms with Gasteiger partial charge in [-0.25, -0.2) is 0 Å². The summed E-state index contributed by atoms with van der Waals surface area (Å²) < 4.78 is 0. The number of carboxylic acids is 1. The number of aryl methyl sites for hydroxylation is 1. The molecule has 0 bridgehead atoms. The van der Waals surface area contributed by atoms with Gasteiger partial charge in [0.25, 0.3) is 0 Å². The van der Waals surface area contributed by atoms with Crippen LogP contribution < -0.4 is 34.7 Å². The Morgan fingerprint density at radius 2 is 1.89 bits per heavy atom. The predicted molar refractivity (Wildman–Crippen MR) is 68.1 cm³/mol. The van der Waals surface area contributed by atoms with Crippen LogP contribution in [0.4, 0.5) is 0 Å². The third-order valence-corrected chi connectivity index (χ3v) is 2.54. The van der Waals surface area contributed by atoms with Gasteiger partial charge in [0, 0.05) is 0 Å². The molecule has 0 spiro atoms. The first-order chi connectivity index (χ1) is 8.70. The largest absolute Gasteiger partial charge is 1.00 e. The first-order valence-corrected chi connectivity index (χ1v) is 6.12. The third kappa shape index (κ3) is 8.81. The van der Waals surface area contributed by atoms with Crippen molar-refractivity contribution in [2.45, 2.75) is 32.6 Å². The van der Waals surface area contributed by atoms with Gasteiger partial charge in [0.1, 0.15) is 6.61 Å². The Kier molecular flexibility index (Phi) is 10.5. The number of hydrogen-bond acceptors (Lipinski definition) is 4. The van der Waals surface area contributed by atoms with E-state index >= 15 is 0 Å². The van der Waals surface area contributed by atoms with Crippen molar-refractivity contribution in [3.63, 3.8) is 0 Å². The molecule has 0 heterocycles. The number of rotatable bonds is 8. The molecule has 1 aromatic rings. The topological polar surface area (TPSA) is 61.7 Å². The van der Waals surface area contributed by atoms with Crippen molar-refractivity contribution in [2.24, 2.45) is 5.16 Å². The molecule has 0 saturated heterocycles. The molecule has 5 heteroatoms. The zero-order valence-electron chi connectivity index (χ0n) is 11.6. The molecule has 0 aliphatic heterocycles. The van der Waals surface area contributed by atoms with Gasteiger partial charge >= 0.3 is 29.6 Å².